The minimum atomic E-state index is -0.389. The summed E-state index contributed by atoms with van der Waals surface area (Å²) in [5.74, 6) is 0.787. The first-order valence-electron chi connectivity index (χ1n) is 6.37. The molecule has 0 aliphatic carbocycles. The van der Waals surface area contributed by atoms with Crippen LogP contribution in [0.25, 0.3) is 0 Å². The van der Waals surface area contributed by atoms with Crippen molar-refractivity contribution in [2.24, 2.45) is 0 Å². The second-order valence-corrected chi connectivity index (χ2v) is 6.11. The second-order valence-electron chi connectivity index (χ2n) is 4.14. The molecule has 0 aliphatic heterocycles. The Bertz CT molecular complexity index is 502. The highest BCUT2D eigenvalue weighted by Crippen LogP contribution is 1.97. The number of carbonyl (C=O) groups is 2. The van der Waals surface area contributed by atoms with Crippen LogP contribution in [-0.4, -0.2) is 53.9 Å². The van der Waals surface area contributed by atoms with Crippen LogP contribution in [0.2, 0.25) is 0 Å². The van der Waals surface area contributed by atoms with Gasteiger partial charge in [0, 0.05) is 36.7 Å². The molecule has 2 amide bonds. The number of aromatic amines is 1. The van der Waals surface area contributed by atoms with E-state index >= 15 is 0 Å². The van der Waals surface area contributed by atoms with E-state index in [-0.39, 0.29) is 28.6 Å². The quantitative estimate of drug-likeness (QED) is 0.606. The largest absolute Gasteiger partial charge is 0.350 e. The number of hydrogen-bond acceptors (Lipinski definition) is 5. The first-order valence-corrected chi connectivity index (χ1v) is 9.16. The number of aromatic nitrogens is 1. The van der Waals surface area contributed by atoms with E-state index < -0.39 is 0 Å². The van der Waals surface area contributed by atoms with Gasteiger partial charge in [0.2, 0.25) is 0 Å². The standard InChI is InChI=1S/C13H19N3O3S2/c1-20-5-3-14-12(18)10-7-9(17)8-11(16-10)13(19)15-4-6-21-2/h7-8H,3-6H2,1-2H3,(H,14,18)(H,15,19)(H,16,17). The molecule has 6 nitrogen and oxygen atoms in total. The summed E-state index contributed by atoms with van der Waals surface area (Å²) in [6, 6.07) is 2.38. The van der Waals surface area contributed by atoms with Crippen LogP contribution in [-0.2, 0) is 0 Å². The molecular formula is C13H19N3O3S2. The molecule has 8 heteroatoms. The van der Waals surface area contributed by atoms with Crippen molar-refractivity contribution in [2.75, 3.05) is 37.1 Å². The third-order valence-corrected chi connectivity index (χ3v) is 3.74. The second kappa shape index (κ2) is 9.51. The minimum absolute atomic E-state index is 0.0959. The Hall–Kier alpha value is -1.41. The fraction of sp³-hybridized carbons (Fsp3) is 0.462. The van der Waals surface area contributed by atoms with Crippen molar-refractivity contribution in [1.29, 1.82) is 0 Å². The summed E-state index contributed by atoms with van der Waals surface area (Å²) in [7, 11) is 0. The summed E-state index contributed by atoms with van der Waals surface area (Å²) in [4.78, 5) is 38.1. The van der Waals surface area contributed by atoms with Crippen molar-refractivity contribution >= 4 is 35.3 Å². The maximum Gasteiger partial charge on any atom is 0.267 e. The summed E-state index contributed by atoms with van der Waals surface area (Å²) >= 11 is 3.22. The molecule has 116 valence electrons. The van der Waals surface area contributed by atoms with Crippen LogP contribution in [0.15, 0.2) is 16.9 Å². The minimum Gasteiger partial charge on any atom is -0.350 e. The van der Waals surface area contributed by atoms with Gasteiger partial charge < -0.3 is 15.6 Å². The average molecular weight is 329 g/mol. The molecule has 0 bridgehead atoms. The van der Waals surface area contributed by atoms with Gasteiger partial charge in [0.15, 0.2) is 5.43 Å². The van der Waals surface area contributed by atoms with Gasteiger partial charge >= 0.3 is 0 Å². The molecule has 0 aromatic carbocycles. The number of nitrogens with one attached hydrogen (secondary N) is 3. The van der Waals surface area contributed by atoms with E-state index in [1.807, 2.05) is 12.5 Å². The van der Waals surface area contributed by atoms with E-state index in [4.69, 9.17) is 0 Å². The van der Waals surface area contributed by atoms with Crippen molar-refractivity contribution < 1.29 is 9.59 Å². The van der Waals surface area contributed by atoms with Gasteiger partial charge in [-0.15, -0.1) is 0 Å². The van der Waals surface area contributed by atoms with Crippen molar-refractivity contribution in [3.05, 3.63) is 33.7 Å². The highest BCUT2D eigenvalue weighted by Gasteiger charge is 2.12. The molecular weight excluding hydrogens is 310 g/mol. The highest BCUT2D eigenvalue weighted by atomic mass is 32.2. The number of H-pyrrole nitrogens is 1. The molecule has 1 heterocycles. The average Bonchev–Trinajstić information content (AvgIpc) is 2.47. The van der Waals surface area contributed by atoms with Gasteiger partial charge in [-0.1, -0.05) is 0 Å². The molecule has 0 saturated carbocycles. The first-order chi connectivity index (χ1) is 10.1. The number of hydrogen-bond donors (Lipinski definition) is 3. The van der Waals surface area contributed by atoms with Crippen molar-refractivity contribution in [2.45, 2.75) is 0 Å². The Balaban J connectivity index is 2.77. The molecule has 3 N–H and O–H groups in total. The van der Waals surface area contributed by atoms with Crippen molar-refractivity contribution in [3.63, 3.8) is 0 Å². The third kappa shape index (κ3) is 6.26. The summed E-state index contributed by atoms with van der Waals surface area (Å²) < 4.78 is 0. The molecule has 1 aromatic rings. The normalized spacial score (nSPS) is 10.2. The molecule has 0 spiro atoms. The maximum atomic E-state index is 11.9. The summed E-state index contributed by atoms with van der Waals surface area (Å²) in [6.45, 7) is 1.01. The Morgan fingerprint density at radius 2 is 1.43 bits per heavy atom. The van der Waals surface area contributed by atoms with E-state index in [1.54, 1.807) is 23.5 Å². The summed E-state index contributed by atoms with van der Waals surface area (Å²) in [5.41, 5.74) is -0.184. The Kier molecular flexibility index (Phi) is 7.99. The maximum absolute atomic E-state index is 11.9. The van der Waals surface area contributed by atoms with Crippen LogP contribution in [0.1, 0.15) is 21.0 Å². The zero-order chi connectivity index (χ0) is 15.7. The molecule has 0 aliphatic rings. The van der Waals surface area contributed by atoms with Gasteiger partial charge in [-0.25, -0.2) is 0 Å². The van der Waals surface area contributed by atoms with Crippen LogP contribution in [0, 0.1) is 0 Å². The van der Waals surface area contributed by atoms with Gasteiger partial charge in [-0.05, 0) is 12.5 Å². The first kappa shape index (κ1) is 17.6. The van der Waals surface area contributed by atoms with Crippen molar-refractivity contribution in [1.82, 2.24) is 15.6 Å². The van der Waals surface area contributed by atoms with Crippen LogP contribution < -0.4 is 16.1 Å². The lowest BCUT2D eigenvalue weighted by atomic mass is 10.2. The van der Waals surface area contributed by atoms with E-state index in [1.165, 1.54) is 12.1 Å². The van der Waals surface area contributed by atoms with E-state index in [0.717, 1.165) is 11.5 Å². The lowest BCUT2D eigenvalue weighted by molar-refractivity contribution is 0.0947. The van der Waals surface area contributed by atoms with E-state index in [0.29, 0.717) is 13.1 Å². The van der Waals surface area contributed by atoms with Gasteiger partial charge in [0.25, 0.3) is 11.8 Å². The van der Waals surface area contributed by atoms with Crippen LogP contribution in [0.4, 0.5) is 0 Å². The monoisotopic (exact) mass is 329 g/mol. The zero-order valence-corrected chi connectivity index (χ0v) is 13.7. The zero-order valence-electron chi connectivity index (χ0n) is 12.0. The number of amides is 2. The van der Waals surface area contributed by atoms with Gasteiger partial charge in [0.1, 0.15) is 11.4 Å². The summed E-state index contributed by atoms with van der Waals surface area (Å²) in [5, 5.41) is 5.36. The molecule has 0 unspecified atom stereocenters. The van der Waals surface area contributed by atoms with Crippen molar-refractivity contribution in [3.8, 4) is 0 Å². The van der Waals surface area contributed by atoms with Crippen LogP contribution >= 0.6 is 23.5 Å². The smallest absolute Gasteiger partial charge is 0.267 e. The lowest BCUT2D eigenvalue weighted by Gasteiger charge is -2.07. The fourth-order valence-corrected chi connectivity index (χ4v) is 2.12. The van der Waals surface area contributed by atoms with Gasteiger partial charge in [-0.3, -0.25) is 14.4 Å². The number of carbonyl (C=O) groups excluding carboxylic acids is 2. The van der Waals surface area contributed by atoms with Crippen LogP contribution in [0.3, 0.4) is 0 Å². The summed E-state index contributed by atoms with van der Waals surface area (Å²) in [6.07, 6.45) is 3.88. The third-order valence-electron chi connectivity index (χ3n) is 2.52. The van der Waals surface area contributed by atoms with E-state index in [9.17, 15) is 14.4 Å². The molecule has 21 heavy (non-hydrogen) atoms. The lowest BCUT2D eigenvalue weighted by Crippen LogP contribution is -2.31. The fourth-order valence-electron chi connectivity index (χ4n) is 1.51. The van der Waals surface area contributed by atoms with Gasteiger partial charge in [-0.2, -0.15) is 23.5 Å². The predicted molar refractivity (Wildman–Crippen MR) is 88.5 cm³/mol. The SMILES string of the molecule is CSCCNC(=O)c1cc(=O)cc(C(=O)NCCSC)[nH]1. The molecule has 0 saturated heterocycles. The molecule has 0 fully saturated rings. The Morgan fingerprint density at radius 1 is 1.00 bits per heavy atom. The van der Waals surface area contributed by atoms with E-state index in [2.05, 4.69) is 15.6 Å². The molecule has 0 radical (unpaired) electrons. The Labute approximate surface area is 131 Å². The number of rotatable bonds is 8. The van der Waals surface area contributed by atoms with Crippen LogP contribution in [0.5, 0.6) is 0 Å². The molecule has 0 atom stereocenters. The topological polar surface area (TPSA) is 91.1 Å². The highest BCUT2D eigenvalue weighted by molar-refractivity contribution is 7.98. The molecule has 1 rings (SSSR count). The number of pyridine rings is 1. The number of thioether (sulfide) groups is 2. The van der Waals surface area contributed by atoms with Gasteiger partial charge in [0.05, 0.1) is 0 Å². The predicted octanol–water partition coefficient (Wildman–Crippen LogP) is 0.561. The molecule has 1 aromatic heterocycles. The Morgan fingerprint density at radius 3 is 1.81 bits per heavy atom.